The maximum atomic E-state index is 12.4. The number of rotatable bonds is 3. The number of aliphatic imine (C=N–C) groups is 1. The standard InChI is InChI=1S/C20H16N2O3S/c1-12-10-15(23)18(20(24)25-12)19-17(11-13-6-8-21-9-7-13)26-16-5-3-2-4-14(16)22-19/h2-10,17,23H,11H2,1H3. The second-order valence-electron chi connectivity index (χ2n) is 6.04. The van der Waals surface area contributed by atoms with Crippen LogP contribution in [0.2, 0.25) is 0 Å². The molecular weight excluding hydrogens is 348 g/mol. The van der Waals surface area contributed by atoms with Crippen LogP contribution in [0.25, 0.3) is 0 Å². The minimum atomic E-state index is -0.569. The summed E-state index contributed by atoms with van der Waals surface area (Å²) in [6, 6.07) is 13.1. The summed E-state index contributed by atoms with van der Waals surface area (Å²) in [7, 11) is 0. The average molecular weight is 364 g/mol. The molecule has 0 aliphatic carbocycles. The minimum Gasteiger partial charge on any atom is -0.507 e. The highest BCUT2D eigenvalue weighted by Gasteiger charge is 2.29. The third-order valence-corrected chi connectivity index (χ3v) is 5.43. The number of thioether (sulfide) groups is 1. The monoisotopic (exact) mass is 364 g/mol. The smallest absolute Gasteiger partial charge is 0.348 e. The van der Waals surface area contributed by atoms with Crippen LogP contribution in [0, 0.1) is 6.92 Å². The molecule has 0 spiro atoms. The minimum absolute atomic E-state index is 0.0998. The van der Waals surface area contributed by atoms with Gasteiger partial charge in [0.15, 0.2) is 0 Å². The highest BCUT2D eigenvalue weighted by Crippen LogP contribution is 2.40. The van der Waals surface area contributed by atoms with E-state index in [1.165, 1.54) is 6.07 Å². The molecule has 1 aromatic carbocycles. The Morgan fingerprint density at radius 2 is 1.96 bits per heavy atom. The maximum absolute atomic E-state index is 12.4. The normalized spacial score (nSPS) is 16.0. The van der Waals surface area contributed by atoms with Gasteiger partial charge < -0.3 is 9.52 Å². The van der Waals surface area contributed by atoms with E-state index in [1.54, 1.807) is 31.1 Å². The van der Waals surface area contributed by atoms with E-state index in [1.807, 2.05) is 36.4 Å². The number of aryl methyl sites for hydroxylation is 1. The zero-order chi connectivity index (χ0) is 18.1. The Morgan fingerprint density at radius 3 is 2.73 bits per heavy atom. The van der Waals surface area contributed by atoms with E-state index in [4.69, 9.17) is 9.41 Å². The number of benzene rings is 1. The molecule has 3 heterocycles. The molecule has 0 saturated heterocycles. The van der Waals surface area contributed by atoms with E-state index < -0.39 is 5.63 Å². The van der Waals surface area contributed by atoms with E-state index in [2.05, 4.69) is 4.98 Å². The van der Waals surface area contributed by atoms with Crippen LogP contribution in [0.3, 0.4) is 0 Å². The van der Waals surface area contributed by atoms with Gasteiger partial charge in [0.05, 0.1) is 16.6 Å². The molecule has 0 radical (unpaired) electrons. The van der Waals surface area contributed by atoms with Crippen LogP contribution in [-0.4, -0.2) is 21.1 Å². The molecule has 4 rings (SSSR count). The van der Waals surface area contributed by atoms with E-state index >= 15 is 0 Å². The average Bonchev–Trinajstić information content (AvgIpc) is 2.62. The molecule has 0 saturated carbocycles. The topological polar surface area (TPSA) is 75.7 Å². The first kappa shape index (κ1) is 16.6. The molecule has 5 nitrogen and oxygen atoms in total. The van der Waals surface area contributed by atoms with E-state index in [-0.39, 0.29) is 16.6 Å². The number of aromatic nitrogens is 1. The van der Waals surface area contributed by atoms with Gasteiger partial charge in [0.1, 0.15) is 17.1 Å². The van der Waals surface area contributed by atoms with Gasteiger partial charge in [-0.25, -0.2) is 4.79 Å². The summed E-state index contributed by atoms with van der Waals surface area (Å²) in [5.74, 6) is 0.267. The zero-order valence-corrected chi connectivity index (χ0v) is 14.9. The van der Waals surface area contributed by atoms with Crippen molar-refractivity contribution in [3.8, 4) is 5.75 Å². The number of hydrogen-bond donors (Lipinski definition) is 1. The lowest BCUT2D eigenvalue weighted by Gasteiger charge is -2.24. The predicted octanol–water partition coefficient (Wildman–Crippen LogP) is 3.89. The third kappa shape index (κ3) is 3.15. The Hall–Kier alpha value is -2.86. The third-order valence-electron chi connectivity index (χ3n) is 4.16. The highest BCUT2D eigenvalue weighted by molar-refractivity contribution is 8.01. The van der Waals surface area contributed by atoms with Gasteiger partial charge in [-0.2, -0.15) is 0 Å². The fourth-order valence-corrected chi connectivity index (χ4v) is 4.24. The van der Waals surface area contributed by atoms with Crippen LogP contribution in [0.1, 0.15) is 16.9 Å². The lowest BCUT2D eigenvalue weighted by molar-refractivity contribution is 0.432. The molecule has 3 aromatic rings. The summed E-state index contributed by atoms with van der Waals surface area (Å²) in [6.45, 7) is 1.63. The molecule has 2 aromatic heterocycles. The Balaban J connectivity index is 1.85. The number of para-hydroxylation sites is 1. The second kappa shape index (κ2) is 6.80. The summed E-state index contributed by atoms with van der Waals surface area (Å²) in [6.07, 6.45) is 4.14. The van der Waals surface area contributed by atoms with Crippen LogP contribution in [0.5, 0.6) is 5.75 Å². The fourth-order valence-electron chi connectivity index (χ4n) is 2.98. The summed E-state index contributed by atoms with van der Waals surface area (Å²) in [5, 5.41) is 10.3. The van der Waals surface area contributed by atoms with Crippen molar-refractivity contribution in [1.29, 1.82) is 0 Å². The molecule has 1 N–H and O–H groups in total. The van der Waals surface area contributed by atoms with E-state index in [0.29, 0.717) is 17.9 Å². The molecule has 0 amide bonds. The number of hydrogen-bond acceptors (Lipinski definition) is 6. The Morgan fingerprint density at radius 1 is 1.19 bits per heavy atom. The molecule has 6 heteroatoms. The molecule has 130 valence electrons. The molecule has 0 bridgehead atoms. The largest absolute Gasteiger partial charge is 0.507 e. The van der Waals surface area contributed by atoms with Gasteiger partial charge in [0.2, 0.25) is 0 Å². The van der Waals surface area contributed by atoms with Gasteiger partial charge in [0, 0.05) is 23.4 Å². The Bertz CT molecular complexity index is 1040. The molecule has 0 fully saturated rings. The van der Waals surface area contributed by atoms with Crippen molar-refractivity contribution in [2.45, 2.75) is 23.5 Å². The van der Waals surface area contributed by atoms with Crippen molar-refractivity contribution >= 4 is 23.2 Å². The number of pyridine rings is 1. The number of aromatic hydroxyl groups is 1. The van der Waals surface area contributed by atoms with Gasteiger partial charge in [-0.1, -0.05) is 12.1 Å². The van der Waals surface area contributed by atoms with E-state index in [9.17, 15) is 9.90 Å². The van der Waals surface area contributed by atoms with Crippen LogP contribution >= 0.6 is 11.8 Å². The zero-order valence-electron chi connectivity index (χ0n) is 14.0. The first-order valence-electron chi connectivity index (χ1n) is 8.19. The molecule has 1 aliphatic rings. The second-order valence-corrected chi connectivity index (χ2v) is 7.28. The first-order chi connectivity index (χ1) is 12.6. The van der Waals surface area contributed by atoms with Gasteiger partial charge >= 0.3 is 5.63 Å². The number of fused-ring (bicyclic) bond motifs is 1. The van der Waals surface area contributed by atoms with Gasteiger partial charge in [0.25, 0.3) is 0 Å². The van der Waals surface area contributed by atoms with Crippen LogP contribution < -0.4 is 5.63 Å². The summed E-state index contributed by atoms with van der Waals surface area (Å²) in [4.78, 5) is 22.2. The van der Waals surface area contributed by atoms with Gasteiger partial charge in [-0.3, -0.25) is 9.98 Å². The first-order valence-corrected chi connectivity index (χ1v) is 9.07. The van der Waals surface area contributed by atoms with Gasteiger partial charge in [-0.15, -0.1) is 11.8 Å². The van der Waals surface area contributed by atoms with Crippen molar-refractivity contribution in [1.82, 2.24) is 4.98 Å². The molecule has 26 heavy (non-hydrogen) atoms. The molecule has 1 aliphatic heterocycles. The molecule has 1 atom stereocenters. The SMILES string of the molecule is Cc1cc(O)c(C2=Nc3ccccc3SC2Cc2ccncc2)c(=O)o1. The lowest BCUT2D eigenvalue weighted by atomic mass is 10.0. The van der Waals surface area contributed by atoms with Crippen molar-refractivity contribution in [3.05, 3.63) is 82.2 Å². The van der Waals surface area contributed by atoms with E-state index in [0.717, 1.165) is 16.1 Å². The quantitative estimate of drug-likeness (QED) is 0.763. The van der Waals surface area contributed by atoms with Crippen LogP contribution in [0.4, 0.5) is 5.69 Å². The van der Waals surface area contributed by atoms with Crippen molar-refractivity contribution in [2.24, 2.45) is 4.99 Å². The summed E-state index contributed by atoms with van der Waals surface area (Å²) < 4.78 is 5.21. The van der Waals surface area contributed by atoms with Crippen molar-refractivity contribution in [3.63, 3.8) is 0 Å². The van der Waals surface area contributed by atoms with Crippen LogP contribution in [0.15, 0.2) is 74.0 Å². The van der Waals surface area contributed by atoms with Crippen molar-refractivity contribution < 1.29 is 9.52 Å². The summed E-state index contributed by atoms with van der Waals surface area (Å²) >= 11 is 1.63. The predicted molar refractivity (Wildman–Crippen MR) is 102 cm³/mol. The lowest BCUT2D eigenvalue weighted by Crippen LogP contribution is -2.28. The van der Waals surface area contributed by atoms with Crippen molar-refractivity contribution in [2.75, 3.05) is 0 Å². The van der Waals surface area contributed by atoms with Crippen LogP contribution in [-0.2, 0) is 6.42 Å². The highest BCUT2D eigenvalue weighted by atomic mass is 32.2. The Labute approximate surface area is 154 Å². The summed E-state index contributed by atoms with van der Waals surface area (Å²) in [5.41, 5.74) is 1.98. The van der Waals surface area contributed by atoms with Gasteiger partial charge in [-0.05, 0) is 43.2 Å². The molecular formula is C20H16N2O3S. The maximum Gasteiger partial charge on any atom is 0.348 e. The molecule has 1 unspecified atom stereocenters. The fraction of sp³-hybridized carbons (Fsp3) is 0.150. The number of nitrogens with zero attached hydrogens (tertiary/aromatic N) is 2. The Kier molecular flexibility index (Phi) is 4.34.